The van der Waals surface area contributed by atoms with Crippen LogP contribution < -0.4 is 5.32 Å². The summed E-state index contributed by atoms with van der Waals surface area (Å²) in [4.78, 5) is 19.1. The Morgan fingerprint density at radius 3 is 2.57 bits per heavy atom. The SMILES string of the molecule is O=C(Nc1nccc(Cl)n1)c1ccc(F)c(C(F)(F)F)c1. The van der Waals surface area contributed by atoms with E-state index in [2.05, 4.69) is 15.3 Å². The molecule has 0 aliphatic carbocycles. The third-order valence-corrected chi connectivity index (χ3v) is 2.59. The van der Waals surface area contributed by atoms with Gasteiger partial charge in [0.15, 0.2) is 0 Å². The lowest BCUT2D eigenvalue weighted by Crippen LogP contribution is -2.16. The summed E-state index contributed by atoms with van der Waals surface area (Å²) in [6.45, 7) is 0. The highest BCUT2D eigenvalue weighted by Gasteiger charge is 2.34. The van der Waals surface area contributed by atoms with Crippen LogP contribution in [0, 0.1) is 5.82 Å². The summed E-state index contributed by atoms with van der Waals surface area (Å²) in [7, 11) is 0. The Morgan fingerprint density at radius 2 is 1.95 bits per heavy atom. The number of nitrogens with zero attached hydrogens (tertiary/aromatic N) is 2. The van der Waals surface area contributed by atoms with Crippen molar-refractivity contribution in [3.63, 3.8) is 0 Å². The number of halogens is 5. The molecule has 1 heterocycles. The van der Waals surface area contributed by atoms with Gasteiger partial charge in [0.1, 0.15) is 11.0 Å². The predicted octanol–water partition coefficient (Wildman–Crippen LogP) is 3.54. The monoisotopic (exact) mass is 319 g/mol. The number of hydrogen-bond donors (Lipinski definition) is 1. The smallest absolute Gasteiger partial charge is 0.290 e. The molecule has 0 unspecified atom stereocenters. The maximum atomic E-state index is 13.1. The van der Waals surface area contributed by atoms with Crippen molar-refractivity contribution in [3.8, 4) is 0 Å². The average Bonchev–Trinajstić information content (AvgIpc) is 2.37. The minimum atomic E-state index is -4.90. The van der Waals surface area contributed by atoms with Gasteiger partial charge >= 0.3 is 6.18 Å². The van der Waals surface area contributed by atoms with Crippen LogP contribution in [0.5, 0.6) is 0 Å². The molecule has 0 saturated carbocycles. The zero-order valence-electron chi connectivity index (χ0n) is 10.1. The number of hydrogen-bond acceptors (Lipinski definition) is 3. The molecular weight excluding hydrogens is 314 g/mol. The number of carbonyl (C=O) groups is 1. The number of aromatic nitrogens is 2. The van der Waals surface area contributed by atoms with Crippen LogP contribution in [-0.2, 0) is 6.18 Å². The molecule has 0 bridgehead atoms. The van der Waals surface area contributed by atoms with Gasteiger partial charge in [0.05, 0.1) is 5.56 Å². The molecule has 110 valence electrons. The molecule has 4 nitrogen and oxygen atoms in total. The van der Waals surface area contributed by atoms with Crippen molar-refractivity contribution in [2.75, 3.05) is 5.32 Å². The fourth-order valence-electron chi connectivity index (χ4n) is 1.45. The number of nitrogens with one attached hydrogen (secondary N) is 1. The number of anilines is 1. The third-order valence-electron chi connectivity index (χ3n) is 2.38. The second-order valence-corrected chi connectivity index (χ2v) is 4.24. The Balaban J connectivity index is 2.28. The molecule has 9 heteroatoms. The lowest BCUT2D eigenvalue weighted by atomic mass is 10.1. The van der Waals surface area contributed by atoms with Crippen LogP contribution >= 0.6 is 11.6 Å². The van der Waals surface area contributed by atoms with Crippen LogP contribution in [0.4, 0.5) is 23.5 Å². The second-order valence-electron chi connectivity index (χ2n) is 3.85. The van der Waals surface area contributed by atoms with E-state index < -0.39 is 23.5 Å². The Morgan fingerprint density at radius 1 is 1.24 bits per heavy atom. The van der Waals surface area contributed by atoms with Crippen LogP contribution in [-0.4, -0.2) is 15.9 Å². The summed E-state index contributed by atoms with van der Waals surface area (Å²) in [6, 6.07) is 3.26. The summed E-state index contributed by atoms with van der Waals surface area (Å²) in [5.41, 5.74) is -1.91. The number of amides is 1. The quantitative estimate of drug-likeness (QED) is 0.680. The Labute approximate surface area is 120 Å². The van der Waals surface area contributed by atoms with Gasteiger partial charge in [-0.2, -0.15) is 13.2 Å². The van der Waals surface area contributed by atoms with Crippen LogP contribution in [0.25, 0.3) is 0 Å². The van der Waals surface area contributed by atoms with E-state index in [9.17, 15) is 22.4 Å². The number of benzene rings is 1. The summed E-state index contributed by atoms with van der Waals surface area (Å²) in [5, 5.41) is 2.21. The van der Waals surface area contributed by atoms with Gasteiger partial charge in [-0.15, -0.1) is 0 Å². The molecule has 1 amide bonds. The first-order chi connectivity index (χ1) is 9.77. The Kier molecular flexibility index (Phi) is 4.08. The lowest BCUT2D eigenvalue weighted by Gasteiger charge is -2.10. The summed E-state index contributed by atoms with van der Waals surface area (Å²) < 4.78 is 50.8. The molecule has 0 fully saturated rings. The molecule has 1 aromatic carbocycles. The van der Waals surface area contributed by atoms with Gasteiger partial charge in [-0.3, -0.25) is 10.1 Å². The molecule has 1 N–H and O–H groups in total. The minimum absolute atomic E-state index is 0.0513. The number of carbonyl (C=O) groups excluding carboxylic acids is 1. The largest absolute Gasteiger partial charge is 0.419 e. The first-order valence-corrected chi connectivity index (χ1v) is 5.82. The van der Waals surface area contributed by atoms with Gasteiger partial charge in [-0.1, -0.05) is 11.6 Å². The van der Waals surface area contributed by atoms with E-state index in [4.69, 9.17) is 11.6 Å². The van der Waals surface area contributed by atoms with Gasteiger partial charge in [0.25, 0.3) is 5.91 Å². The standard InChI is InChI=1S/C12H6ClF4N3O/c13-9-3-4-18-11(19-9)20-10(21)6-1-2-8(14)7(5-6)12(15,16)17/h1-5H,(H,18,19,20,21). The number of alkyl halides is 3. The molecule has 2 rings (SSSR count). The van der Waals surface area contributed by atoms with E-state index in [0.29, 0.717) is 12.1 Å². The maximum Gasteiger partial charge on any atom is 0.419 e. The molecule has 0 radical (unpaired) electrons. The zero-order chi connectivity index (χ0) is 15.6. The fraction of sp³-hybridized carbons (Fsp3) is 0.0833. The van der Waals surface area contributed by atoms with Crippen molar-refractivity contribution in [2.24, 2.45) is 0 Å². The second kappa shape index (κ2) is 5.65. The van der Waals surface area contributed by atoms with Crippen molar-refractivity contribution in [1.82, 2.24) is 9.97 Å². The zero-order valence-corrected chi connectivity index (χ0v) is 10.8. The molecule has 1 aromatic heterocycles. The van der Waals surface area contributed by atoms with Gasteiger partial charge in [0.2, 0.25) is 5.95 Å². The van der Waals surface area contributed by atoms with Crippen LogP contribution in [0.3, 0.4) is 0 Å². The van der Waals surface area contributed by atoms with Gasteiger partial charge in [-0.05, 0) is 24.3 Å². The van der Waals surface area contributed by atoms with Crippen molar-refractivity contribution in [3.05, 3.63) is 52.6 Å². The lowest BCUT2D eigenvalue weighted by molar-refractivity contribution is -0.140. The average molecular weight is 320 g/mol. The molecular formula is C12H6ClF4N3O. The van der Waals surface area contributed by atoms with Crippen LogP contribution in [0.1, 0.15) is 15.9 Å². The molecule has 0 aliphatic rings. The predicted molar refractivity (Wildman–Crippen MR) is 66.4 cm³/mol. The summed E-state index contributed by atoms with van der Waals surface area (Å²) in [6.07, 6.45) is -3.64. The highest BCUT2D eigenvalue weighted by atomic mass is 35.5. The van der Waals surface area contributed by atoms with Crippen molar-refractivity contribution in [1.29, 1.82) is 0 Å². The Bertz CT molecular complexity index is 690. The minimum Gasteiger partial charge on any atom is -0.290 e. The maximum absolute atomic E-state index is 13.1. The molecule has 2 aromatic rings. The topological polar surface area (TPSA) is 54.9 Å². The van der Waals surface area contributed by atoms with E-state index in [1.807, 2.05) is 0 Å². The third kappa shape index (κ3) is 3.66. The van der Waals surface area contributed by atoms with Gasteiger partial charge < -0.3 is 0 Å². The van der Waals surface area contributed by atoms with E-state index >= 15 is 0 Å². The van der Waals surface area contributed by atoms with Crippen molar-refractivity contribution < 1.29 is 22.4 Å². The van der Waals surface area contributed by atoms with Gasteiger partial charge in [0, 0.05) is 11.8 Å². The number of rotatable bonds is 2. The highest BCUT2D eigenvalue weighted by Crippen LogP contribution is 2.31. The van der Waals surface area contributed by atoms with Crippen molar-refractivity contribution >= 4 is 23.5 Å². The highest BCUT2D eigenvalue weighted by molar-refractivity contribution is 6.29. The first kappa shape index (κ1) is 15.2. The van der Waals surface area contributed by atoms with E-state index in [1.54, 1.807) is 0 Å². The molecule has 0 saturated heterocycles. The van der Waals surface area contributed by atoms with E-state index in [-0.39, 0.29) is 16.7 Å². The first-order valence-electron chi connectivity index (χ1n) is 5.44. The fourth-order valence-corrected chi connectivity index (χ4v) is 1.59. The molecule has 21 heavy (non-hydrogen) atoms. The summed E-state index contributed by atoms with van der Waals surface area (Å²) in [5.74, 6) is -2.55. The molecule has 0 atom stereocenters. The normalized spacial score (nSPS) is 11.3. The van der Waals surface area contributed by atoms with Crippen LogP contribution in [0.15, 0.2) is 30.5 Å². The van der Waals surface area contributed by atoms with E-state index in [0.717, 1.165) is 6.07 Å². The molecule has 0 spiro atoms. The van der Waals surface area contributed by atoms with E-state index in [1.165, 1.54) is 12.3 Å². The van der Waals surface area contributed by atoms with Crippen LogP contribution in [0.2, 0.25) is 5.15 Å². The Hall–Kier alpha value is -2.22. The van der Waals surface area contributed by atoms with Gasteiger partial charge in [-0.25, -0.2) is 14.4 Å². The summed E-state index contributed by atoms with van der Waals surface area (Å²) >= 11 is 5.58. The van der Waals surface area contributed by atoms with Crippen molar-refractivity contribution in [2.45, 2.75) is 6.18 Å². The molecule has 0 aliphatic heterocycles.